The van der Waals surface area contributed by atoms with Crippen LogP contribution in [-0.4, -0.2) is 57.6 Å². The van der Waals surface area contributed by atoms with E-state index >= 15 is 0 Å². The molecule has 1 spiro atoms. The summed E-state index contributed by atoms with van der Waals surface area (Å²) >= 11 is 0. The number of primary amides is 1. The van der Waals surface area contributed by atoms with E-state index in [1.54, 1.807) is 0 Å². The Morgan fingerprint density at radius 3 is 2.56 bits per heavy atom. The molecular weight excluding hydrogens is 416 g/mol. The second kappa shape index (κ2) is 6.26. The molecule has 1 aromatic carbocycles. The highest BCUT2D eigenvalue weighted by Crippen LogP contribution is 2.66. The number of aliphatic hydroxyl groups excluding tert-OH is 2. The van der Waals surface area contributed by atoms with E-state index in [0.29, 0.717) is 24.8 Å². The van der Waals surface area contributed by atoms with Gasteiger partial charge >= 0.3 is 0 Å². The number of epoxide rings is 1. The van der Waals surface area contributed by atoms with E-state index in [9.17, 15) is 30.0 Å². The van der Waals surface area contributed by atoms with Gasteiger partial charge in [0, 0.05) is 37.7 Å². The van der Waals surface area contributed by atoms with Gasteiger partial charge in [0.2, 0.25) is 11.6 Å². The van der Waals surface area contributed by atoms with Crippen LogP contribution >= 0.6 is 0 Å². The third kappa shape index (κ3) is 2.25. The predicted octanol–water partition coefficient (Wildman–Crippen LogP) is 1.21. The standard InChI is InChI=1S/C23H26N2O7/c1-4-9-7-13(25(2)3)12-6-10-5-11-8-14(26)17(21(24)30)23(31)22(11,32-23)20(29)15(10)19(28)16(12)18(9)27/h7,10-11,26-28,31H,4-6,8H2,1-3H3,(H2,24,30)/t10-,11+,22+,23?/m1/s1. The van der Waals surface area contributed by atoms with Gasteiger partial charge in [0.15, 0.2) is 5.60 Å². The molecule has 6 N–H and O–H groups in total. The number of Topliss-reactive ketones (excluding diaryl/α,β-unsaturated/α-hetero) is 1. The number of benzene rings is 1. The van der Waals surface area contributed by atoms with Crippen molar-refractivity contribution in [3.8, 4) is 5.75 Å². The van der Waals surface area contributed by atoms with Gasteiger partial charge in [-0.05, 0) is 42.4 Å². The number of nitrogens with two attached hydrogens (primary N) is 1. The van der Waals surface area contributed by atoms with Crippen LogP contribution < -0.4 is 10.6 Å². The first-order valence-corrected chi connectivity index (χ1v) is 10.7. The Kier molecular flexibility index (Phi) is 4.08. The second-order valence-electron chi connectivity index (χ2n) is 9.30. The zero-order valence-electron chi connectivity index (χ0n) is 18.1. The number of hydrogen-bond donors (Lipinski definition) is 5. The van der Waals surface area contributed by atoms with Crippen LogP contribution in [0.5, 0.6) is 5.75 Å². The summed E-state index contributed by atoms with van der Waals surface area (Å²) in [5, 5.41) is 43.5. The van der Waals surface area contributed by atoms with Gasteiger partial charge < -0.3 is 35.8 Å². The molecule has 1 heterocycles. The number of amides is 1. The number of aryl methyl sites for hydroxylation is 1. The van der Waals surface area contributed by atoms with Crippen molar-refractivity contribution in [2.24, 2.45) is 17.6 Å². The van der Waals surface area contributed by atoms with Crippen molar-refractivity contribution in [3.63, 3.8) is 0 Å². The maximum absolute atomic E-state index is 13.7. The van der Waals surface area contributed by atoms with E-state index in [-0.39, 0.29) is 34.8 Å². The number of ketones is 1. The normalized spacial score (nSPS) is 32.7. The van der Waals surface area contributed by atoms with Gasteiger partial charge in [-0.2, -0.15) is 0 Å². The summed E-state index contributed by atoms with van der Waals surface area (Å²) < 4.78 is 5.51. The molecule has 1 aliphatic heterocycles. The fourth-order valence-corrected chi connectivity index (χ4v) is 6.02. The molecule has 170 valence electrons. The number of ether oxygens (including phenoxy) is 1. The highest BCUT2D eigenvalue weighted by atomic mass is 16.8. The fraction of sp³-hybridized carbons (Fsp3) is 0.478. The van der Waals surface area contributed by atoms with Crippen LogP contribution in [0.2, 0.25) is 0 Å². The largest absolute Gasteiger partial charge is 0.512 e. The monoisotopic (exact) mass is 442 g/mol. The molecule has 9 nitrogen and oxygen atoms in total. The van der Waals surface area contributed by atoms with Gasteiger partial charge in [0.05, 0.1) is 5.56 Å². The summed E-state index contributed by atoms with van der Waals surface area (Å²) in [4.78, 5) is 27.5. The highest BCUT2D eigenvalue weighted by Gasteiger charge is 2.84. The van der Waals surface area contributed by atoms with Crippen molar-refractivity contribution in [1.29, 1.82) is 0 Å². The molecule has 1 amide bonds. The van der Waals surface area contributed by atoms with Crippen molar-refractivity contribution in [3.05, 3.63) is 39.7 Å². The molecule has 1 saturated heterocycles. The average Bonchev–Trinajstić information content (AvgIpc) is 3.33. The molecule has 4 atom stereocenters. The third-order valence-corrected chi connectivity index (χ3v) is 7.49. The summed E-state index contributed by atoms with van der Waals surface area (Å²) in [5.41, 5.74) is 5.56. The Balaban J connectivity index is 1.71. The van der Waals surface area contributed by atoms with E-state index in [1.165, 1.54) is 0 Å². The first-order chi connectivity index (χ1) is 15.0. The minimum Gasteiger partial charge on any atom is -0.512 e. The lowest BCUT2D eigenvalue weighted by Gasteiger charge is -2.41. The predicted molar refractivity (Wildman–Crippen MR) is 114 cm³/mol. The van der Waals surface area contributed by atoms with Gasteiger partial charge in [-0.3, -0.25) is 9.59 Å². The molecular formula is C23H26N2O7. The van der Waals surface area contributed by atoms with Crippen LogP contribution in [0.25, 0.3) is 5.76 Å². The topological polar surface area (TPSA) is 157 Å². The number of aromatic hydroxyl groups is 1. The van der Waals surface area contributed by atoms with Crippen LogP contribution in [-0.2, 0) is 27.2 Å². The van der Waals surface area contributed by atoms with E-state index in [2.05, 4.69) is 0 Å². The SMILES string of the molecule is CCc1cc(N(C)C)c2c(c1O)C(O)=C1C(=O)[C@]34OC3(O)C(C(N)=O)=C(O)C[C@@H]4C[C@@H]1C2. The number of carbonyl (C=O) groups is 2. The van der Waals surface area contributed by atoms with Crippen LogP contribution in [0, 0.1) is 11.8 Å². The van der Waals surface area contributed by atoms with Crippen LogP contribution in [0.1, 0.15) is 36.5 Å². The van der Waals surface area contributed by atoms with Crippen molar-refractivity contribution in [1.82, 2.24) is 0 Å². The molecule has 0 bridgehead atoms. The number of carbonyl (C=O) groups excluding carboxylic acids is 2. The van der Waals surface area contributed by atoms with Gasteiger partial charge in [-0.15, -0.1) is 0 Å². The Hall–Kier alpha value is -3.04. The smallest absolute Gasteiger partial charge is 0.253 e. The van der Waals surface area contributed by atoms with Crippen LogP contribution in [0.15, 0.2) is 23.0 Å². The summed E-state index contributed by atoms with van der Waals surface area (Å²) in [6.45, 7) is 1.89. The molecule has 0 radical (unpaired) electrons. The van der Waals surface area contributed by atoms with E-state index < -0.39 is 40.5 Å². The zero-order chi connectivity index (χ0) is 23.3. The van der Waals surface area contributed by atoms with E-state index in [4.69, 9.17) is 10.5 Å². The van der Waals surface area contributed by atoms with Gasteiger partial charge in [0.1, 0.15) is 22.8 Å². The molecule has 4 aliphatic rings. The molecule has 0 aromatic heterocycles. The lowest BCUT2D eigenvalue weighted by atomic mass is 9.60. The summed E-state index contributed by atoms with van der Waals surface area (Å²) in [5.74, 6) is -5.78. The van der Waals surface area contributed by atoms with Crippen LogP contribution in [0.4, 0.5) is 5.69 Å². The van der Waals surface area contributed by atoms with Crippen molar-refractivity contribution >= 4 is 23.1 Å². The number of allylic oxidation sites excluding steroid dienone is 1. The maximum atomic E-state index is 13.7. The summed E-state index contributed by atoms with van der Waals surface area (Å²) in [7, 11) is 3.74. The molecule has 32 heavy (non-hydrogen) atoms. The van der Waals surface area contributed by atoms with Gasteiger partial charge in [-0.1, -0.05) is 6.92 Å². The number of hydrogen-bond acceptors (Lipinski definition) is 8. The second-order valence-corrected chi connectivity index (χ2v) is 9.30. The molecule has 1 saturated carbocycles. The Labute approximate surface area is 184 Å². The third-order valence-electron chi connectivity index (χ3n) is 7.49. The molecule has 9 heteroatoms. The van der Waals surface area contributed by atoms with Crippen molar-refractivity contribution in [2.75, 3.05) is 19.0 Å². The Bertz CT molecular complexity index is 1170. The first kappa shape index (κ1) is 20.8. The number of nitrogens with zero attached hydrogens (tertiary/aromatic N) is 1. The maximum Gasteiger partial charge on any atom is 0.253 e. The average molecular weight is 442 g/mol. The van der Waals surface area contributed by atoms with E-state index in [1.807, 2.05) is 32.0 Å². The highest BCUT2D eigenvalue weighted by molar-refractivity contribution is 6.14. The van der Waals surface area contributed by atoms with Crippen molar-refractivity contribution in [2.45, 2.75) is 44.0 Å². The summed E-state index contributed by atoms with van der Waals surface area (Å²) in [6, 6.07) is 1.88. The first-order valence-electron chi connectivity index (χ1n) is 10.7. The number of phenols is 1. The molecule has 1 unspecified atom stereocenters. The fourth-order valence-electron chi connectivity index (χ4n) is 6.02. The number of fused-ring (bicyclic) bond motifs is 2. The lowest BCUT2D eigenvalue weighted by Crippen LogP contribution is -2.53. The van der Waals surface area contributed by atoms with Gasteiger partial charge in [-0.25, -0.2) is 0 Å². The number of phenolic OH excluding ortho intramolecular Hbond substituents is 1. The zero-order valence-corrected chi connectivity index (χ0v) is 18.1. The Morgan fingerprint density at radius 2 is 1.97 bits per heavy atom. The summed E-state index contributed by atoms with van der Waals surface area (Å²) in [6.07, 6.45) is 1.22. The quantitative estimate of drug-likeness (QED) is 0.437. The molecule has 1 aromatic rings. The molecule has 5 rings (SSSR count). The Morgan fingerprint density at radius 1 is 1.28 bits per heavy atom. The van der Waals surface area contributed by atoms with Gasteiger partial charge in [0.25, 0.3) is 5.91 Å². The van der Waals surface area contributed by atoms with Crippen molar-refractivity contribution < 1.29 is 34.8 Å². The van der Waals surface area contributed by atoms with Crippen LogP contribution in [0.3, 0.4) is 0 Å². The number of rotatable bonds is 3. The molecule has 3 aliphatic carbocycles. The minimum absolute atomic E-state index is 0.0374. The molecule has 2 fully saturated rings. The number of anilines is 1. The lowest BCUT2D eigenvalue weighted by molar-refractivity contribution is -0.126. The number of aliphatic hydroxyl groups is 3. The minimum atomic E-state index is -2.32. The van der Waals surface area contributed by atoms with E-state index in [0.717, 1.165) is 11.3 Å².